The number of rotatable bonds is 0. The van der Waals surface area contributed by atoms with E-state index in [0.29, 0.717) is 0 Å². The van der Waals surface area contributed by atoms with Crippen molar-refractivity contribution in [1.29, 1.82) is 0 Å². The molecule has 3 heteroatoms. The maximum absolute atomic E-state index is 4.71. The second-order valence-corrected chi connectivity index (χ2v) is 1.85. The van der Waals surface area contributed by atoms with Crippen LogP contribution in [0.3, 0.4) is 0 Å². The molecule has 1 unspecified atom stereocenters. The third kappa shape index (κ3) is 0.725. The van der Waals surface area contributed by atoms with E-state index in [-0.39, 0.29) is 5.01 Å². The molecule has 6 heavy (non-hydrogen) atoms. The predicted octanol–water partition coefficient (Wildman–Crippen LogP) is 0.756. The summed E-state index contributed by atoms with van der Waals surface area (Å²) in [5.74, 6) is 0. The van der Waals surface area contributed by atoms with Gasteiger partial charge in [0.25, 0.3) is 0 Å². The molecular weight excluding hydrogens is 146 g/mol. The molecule has 2 nitrogen and oxygen atoms in total. The normalized spacial score (nSPS) is 30.5. The average molecular weight is 150 g/mol. The minimum atomic E-state index is 0.0671. The molecule has 0 saturated carbocycles. The van der Waals surface area contributed by atoms with Gasteiger partial charge in [0.05, 0.1) is 0 Å². The Bertz CT molecular complexity index is 73.2. The molecule has 1 atom stereocenters. The predicted molar refractivity (Wildman–Crippen MR) is 26.1 cm³/mol. The second-order valence-electron chi connectivity index (χ2n) is 0.946. The van der Waals surface area contributed by atoms with Crippen LogP contribution >= 0.6 is 15.9 Å². The van der Waals surface area contributed by atoms with Crippen LogP contribution in [-0.2, 0) is 4.84 Å². The van der Waals surface area contributed by atoms with E-state index >= 15 is 0 Å². The number of nitrogens with one attached hydrogen (secondary N) is 1. The maximum atomic E-state index is 4.71. The van der Waals surface area contributed by atoms with Crippen molar-refractivity contribution in [3.8, 4) is 0 Å². The van der Waals surface area contributed by atoms with Crippen LogP contribution in [0.25, 0.3) is 0 Å². The lowest BCUT2D eigenvalue weighted by atomic mass is 10.7. The van der Waals surface area contributed by atoms with Crippen LogP contribution < -0.4 is 5.48 Å². The molecule has 0 radical (unpaired) electrons. The number of hydrogen-bond acceptors (Lipinski definition) is 2. The second kappa shape index (κ2) is 1.62. The van der Waals surface area contributed by atoms with E-state index in [2.05, 4.69) is 21.4 Å². The summed E-state index contributed by atoms with van der Waals surface area (Å²) in [5, 5.41) is 0.0671. The highest BCUT2D eigenvalue weighted by atomic mass is 79.9. The summed E-state index contributed by atoms with van der Waals surface area (Å²) in [6.45, 7) is 0. The van der Waals surface area contributed by atoms with Gasteiger partial charge in [0, 0.05) is 6.20 Å². The monoisotopic (exact) mass is 149 g/mol. The number of hydrogen-bond donors (Lipinski definition) is 1. The van der Waals surface area contributed by atoms with Crippen LogP contribution in [0.2, 0.25) is 0 Å². The Kier molecular flexibility index (Phi) is 1.12. The van der Waals surface area contributed by atoms with Crippen molar-refractivity contribution >= 4 is 15.9 Å². The number of hydroxylamine groups is 1. The molecule has 1 heterocycles. The lowest BCUT2D eigenvalue weighted by Crippen LogP contribution is -2.01. The summed E-state index contributed by atoms with van der Waals surface area (Å²) < 4.78 is 0. The van der Waals surface area contributed by atoms with Gasteiger partial charge in [-0.2, -0.15) is 0 Å². The van der Waals surface area contributed by atoms with Crippen molar-refractivity contribution in [3.63, 3.8) is 0 Å². The zero-order valence-corrected chi connectivity index (χ0v) is 4.60. The molecule has 0 aromatic carbocycles. The van der Waals surface area contributed by atoms with Crippen LogP contribution in [0.4, 0.5) is 0 Å². The van der Waals surface area contributed by atoms with Crippen LogP contribution in [0, 0.1) is 0 Å². The fraction of sp³-hybridized carbons (Fsp3) is 0.333. The van der Waals surface area contributed by atoms with Crippen molar-refractivity contribution in [3.05, 3.63) is 12.3 Å². The van der Waals surface area contributed by atoms with E-state index in [4.69, 9.17) is 4.84 Å². The lowest BCUT2D eigenvalue weighted by molar-refractivity contribution is 0.0994. The van der Waals surface area contributed by atoms with E-state index in [1.165, 1.54) is 0 Å². The Morgan fingerprint density at radius 1 is 1.83 bits per heavy atom. The van der Waals surface area contributed by atoms with Gasteiger partial charge in [-0.25, -0.2) is 0 Å². The van der Waals surface area contributed by atoms with Gasteiger partial charge < -0.3 is 0 Å². The standard InChI is InChI=1S/C3H4BrNO/c4-3-1-2-5-6-3/h1-3,5H. The van der Waals surface area contributed by atoms with Gasteiger partial charge in [-0.05, 0) is 6.08 Å². The van der Waals surface area contributed by atoms with Crippen LogP contribution in [0.5, 0.6) is 0 Å². The molecule has 0 spiro atoms. The Balaban J connectivity index is 2.38. The number of alkyl halides is 1. The molecule has 0 fully saturated rings. The zero-order chi connectivity index (χ0) is 4.41. The SMILES string of the molecule is BrC1C=CNO1. The van der Waals surface area contributed by atoms with E-state index in [0.717, 1.165) is 0 Å². The molecule has 0 saturated heterocycles. The van der Waals surface area contributed by atoms with E-state index in [1.54, 1.807) is 6.20 Å². The minimum Gasteiger partial charge on any atom is -0.273 e. The third-order valence-electron chi connectivity index (χ3n) is 0.496. The highest BCUT2D eigenvalue weighted by Gasteiger charge is 2.00. The Morgan fingerprint density at radius 3 is 2.83 bits per heavy atom. The van der Waals surface area contributed by atoms with Crippen LogP contribution in [-0.4, -0.2) is 5.01 Å². The highest BCUT2D eigenvalue weighted by molar-refractivity contribution is 9.09. The van der Waals surface area contributed by atoms with Crippen LogP contribution in [0.15, 0.2) is 12.3 Å². The first-order chi connectivity index (χ1) is 2.89. The molecular formula is C3H4BrNO. The van der Waals surface area contributed by atoms with Crippen molar-refractivity contribution in [2.24, 2.45) is 0 Å². The maximum Gasteiger partial charge on any atom is 0.160 e. The highest BCUT2D eigenvalue weighted by Crippen LogP contribution is 2.04. The van der Waals surface area contributed by atoms with E-state index in [9.17, 15) is 0 Å². The molecule has 0 aliphatic carbocycles. The van der Waals surface area contributed by atoms with Crippen molar-refractivity contribution < 1.29 is 4.84 Å². The molecule has 0 aromatic rings. The molecule has 0 aromatic heterocycles. The van der Waals surface area contributed by atoms with Gasteiger partial charge in [0.2, 0.25) is 0 Å². The van der Waals surface area contributed by atoms with Gasteiger partial charge in [-0.1, -0.05) is 15.9 Å². The largest absolute Gasteiger partial charge is 0.273 e. The lowest BCUT2D eigenvalue weighted by Gasteiger charge is -1.92. The molecule has 1 rings (SSSR count). The van der Waals surface area contributed by atoms with Crippen molar-refractivity contribution in [2.75, 3.05) is 0 Å². The van der Waals surface area contributed by atoms with Crippen LogP contribution in [0.1, 0.15) is 0 Å². The Morgan fingerprint density at radius 2 is 2.67 bits per heavy atom. The van der Waals surface area contributed by atoms with Gasteiger partial charge in [-0.15, -0.1) is 0 Å². The van der Waals surface area contributed by atoms with Crippen molar-refractivity contribution in [1.82, 2.24) is 5.48 Å². The summed E-state index contributed by atoms with van der Waals surface area (Å²) in [5.41, 5.74) is 2.54. The fourth-order valence-corrected chi connectivity index (χ4v) is 0.519. The van der Waals surface area contributed by atoms with Gasteiger partial charge >= 0.3 is 0 Å². The summed E-state index contributed by atoms with van der Waals surface area (Å²) >= 11 is 3.17. The number of halogens is 1. The van der Waals surface area contributed by atoms with Gasteiger partial charge in [-0.3, -0.25) is 10.3 Å². The Hall–Kier alpha value is -0.0200. The van der Waals surface area contributed by atoms with E-state index < -0.39 is 0 Å². The summed E-state index contributed by atoms with van der Waals surface area (Å²) in [6, 6.07) is 0. The molecule has 0 bridgehead atoms. The molecule has 34 valence electrons. The molecule has 1 aliphatic heterocycles. The smallest absolute Gasteiger partial charge is 0.160 e. The van der Waals surface area contributed by atoms with Crippen molar-refractivity contribution in [2.45, 2.75) is 5.01 Å². The zero-order valence-electron chi connectivity index (χ0n) is 3.02. The molecule has 0 amide bonds. The third-order valence-corrected chi connectivity index (χ3v) is 0.988. The van der Waals surface area contributed by atoms with Gasteiger partial charge in [0.15, 0.2) is 5.01 Å². The summed E-state index contributed by atoms with van der Waals surface area (Å²) in [4.78, 5) is 4.71. The minimum absolute atomic E-state index is 0.0671. The average Bonchev–Trinajstić information content (AvgIpc) is 1.86. The van der Waals surface area contributed by atoms with Gasteiger partial charge in [0.1, 0.15) is 0 Å². The first-order valence-electron chi connectivity index (χ1n) is 1.61. The summed E-state index contributed by atoms with van der Waals surface area (Å²) in [7, 11) is 0. The fourth-order valence-electron chi connectivity index (χ4n) is 0.259. The summed E-state index contributed by atoms with van der Waals surface area (Å²) in [6.07, 6.45) is 3.60. The quantitative estimate of drug-likeness (QED) is 0.514. The Labute approximate surface area is 44.3 Å². The topological polar surface area (TPSA) is 21.3 Å². The van der Waals surface area contributed by atoms with E-state index in [1.807, 2.05) is 6.08 Å². The molecule has 1 aliphatic rings. The first kappa shape index (κ1) is 4.15. The molecule has 1 N–H and O–H groups in total. The first-order valence-corrected chi connectivity index (χ1v) is 2.53.